The number of carbonyl (C=O) groups excluding carboxylic acids is 2. The molecule has 8 nitrogen and oxygen atoms in total. The molecule has 1 aliphatic heterocycles. The van der Waals surface area contributed by atoms with E-state index < -0.39 is 5.92 Å². The molecular weight excluding hydrogens is 464 g/mol. The Bertz CT molecular complexity index is 1130. The van der Waals surface area contributed by atoms with E-state index in [2.05, 4.69) is 26.3 Å². The van der Waals surface area contributed by atoms with Crippen LogP contribution in [0.3, 0.4) is 0 Å². The number of aromatic nitrogens is 2. The minimum Gasteiger partial charge on any atom is -0.493 e. The molecule has 1 atom stereocenters. The van der Waals surface area contributed by atoms with Crippen LogP contribution >= 0.6 is 15.9 Å². The molecule has 0 saturated carbocycles. The summed E-state index contributed by atoms with van der Waals surface area (Å²) in [6.07, 6.45) is 3.62. The van der Waals surface area contributed by atoms with Crippen molar-refractivity contribution in [2.45, 2.75) is 6.42 Å². The van der Waals surface area contributed by atoms with Crippen LogP contribution in [-0.2, 0) is 9.59 Å². The predicted octanol–water partition coefficient (Wildman–Crippen LogP) is 3.64. The highest BCUT2D eigenvalue weighted by atomic mass is 79.9. The van der Waals surface area contributed by atoms with Gasteiger partial charge in [0, 0.05) is 30.9 Å². The molecule has 0 radical (unpaired) electrons. The van der Waals surface area contributed by atoms with Crippen molar-refractivity contribution in [2.24, 2.45) is 5.92 Å². The molecule has 0 spiro atoms. The summed E-state index contributed by atoms with van der Waals surface area (Å²) >= 11 is 3.38. The lowest BCUT2D eigenvalue weighted by atomic mass is 10.1. The molecule has 2 aromatic carbocycles. The number of para-hydroxylation sites is 2. The molecule has 160 valence electrons. The molecule has 3 aromatic rings. The quantitative estimate of drug-likeness (QED) is 0.577. The van der Waals surface area contributed by atoms with Crippen molar-refractivity contribution in [3.63, 3.8) is 0 Å². The minimum absolute atomic E-state index is 0.114. The lowest BCUT2D eigenvalue weighted by molar-refractivity contribution is -0.122. The maximum Gasteiger partial charge on any atom is 0.229 e. The number of halogens is 1. The van der Waals surface area contributed by atoms with Crippen LogP contribution in [0, 0.1) is 5.92 Å². The van der Waals surface area contributed by atoms with Gasteiger partial charge in [-0.05, 0) is 40.2 Å². The summed E-state index contributed by atoms with van der Waals surface area (Å²) in [7, 11) is 3.10. The van der Waals surface area contributed by atoms with Gasteiger partial charge in [-0.1, -0.05) is 12.1 Å². The smallest absolute Gasteiger partial charge is 0.229 e. The highest BCUT2D eigenvalue weighted by Crippen LogP contribution is 2.34. The van der Waals surface area contributed by atoms with Gasteiger partial charge in [-0.3, -0.25) is 9.59 Å². The largest absolute Gasteiger partial charge is 0.493 e. The first-order valence-electron chi connectivity index (χ1n) is 9.63. The van der Waals surface area contributed by atoms with Crippen molar-refractivity contribution in [3.8, 4) is 17.2 Å². The number of anilines is 2. The van der Waals surface area contributed by atoms with Crippen molar-refractivity contribution < 1.29 is 19.1 Å². The number of amides is 2. The highest BCUT2D eigenvalue weighted by molar-refractivity contribution is 9.10. The number of methoxy groups -OCH3 is 2. The summed E-state index contributed by atoms with van der Waals surface area (Å²) in [5.41, 5.74) is 2.03. The molecule has 1 aromatic heterocycles. The summed E-state index contributed by atoms with van der Waals surface area (Å²) in [4.78, 5) is 27.2. The maximum atomic E-state index is 13.0. The summed E-state index contributed by atoms with van der Waals surface area (Å²) in [5.74, 6) is 0.304. The molecule has 1 N–H and O–H groups in total. The average Bonchev–Trinajstić information content (AvgIpc) is 3.39. The van der Waals surface area contributed by atoms with Gasteiger partial charge in [-0.15, -0.1) is 0 Å². The van der Waals surface area contributed by atoms with Crippen molar-refractivity contribution in [3.05, 3.63) is 59.3 Å². The Morgan fingerprint density at radius 1 is 1.16 bits per heavy atom. The third-order valence-electron chi connectivity index (χ3n) is 5.13. The number of carbonyl (C=O) groups is 2. The van der Waals surface area contributed by atoms with Crippen LogP contribution in [0.15, 0.2) is 59.3 Å². The van der Waals surface area contributed by atoms with E-state index >= 15 is 0 Å². The molecule has 1 aliphatic rings. The SMILES string of the molecule is COc1ccc(N2CC(C(=O)Nc3ccccc3-n3cc(Br)cn3)CC2=O)cc1OC. The van der Waals surface area contributed by atoms with Crippen LogP contribution in [-0.4, -0.2) is 42.4 Å². The van der Waals surface area contributed by atoms with Gasteiger partial charge in [0.05, 0.1) is 42.2 Å². The number of rotatable bonds is 6. The van der Waals surface area contributed by atoms with Gasteiger partial charge < -0.3 is 19.7 Å². The van der Waals surface area contributed by atoms with Crippen LogP contribution in [0.5, 0.6) is 11.5 Å². The molecule has 1 fully saturated rings. The lowest BCUT2D eigenvalue weighted by Crippen LogP contribution is -2.28. The second-order valence-corrected chi connectivity index (χ2v) is 7.97. The number of nitrogens with zero attached hydrogens (tertiary/aromatic N) is 3. The van der Waals surface area contributed by atoms with E-state index in [0.29, 0.717) is 22.9 Å². The topological polar surface area (TPSA) is 85.7 Å². The Morgan fingerprint density at radius 2 is 1.94 bits per heavy atom. The third kappa shape index (κ3) is 4.27. The second-order valence-electron chi connectivity index (χ2n) is 7.05. The molecule has 9 heteroatoms. The van der Waals surface area contributed by atoms with Crippen molar-refractivity contribution in [1.29, 1.82) is 0 Å². The summed E-state index contributed by atoms with van der Waals surface area (Å²) in [6.45, 7) is 0.287. The normalized spacial score (nSPS) is 15.8. The fourth-order valence-corrected chi connectivity index (χ4v) is 3.86. The van der Waals surface area contributed by atoms with Gasteiger partial charge in [-0.25, -0.2) is 4.68 Å². The minimum atomic E-state index is -0.474. The summed E-state index contributed by atoms with van der Waals surface area (Å²) in [6, 6.07) is 12.7. The van der Waals surface area contributed by atoms with Crippen molar-refractivity contribution in [1.82, 2.24) is 9.78 Å². The van der Waals surface area contributed by atoms with Crippen molar-refractivity contribution >= 4 is 39.1 Å². The summed E-state index contributed by atoms with van der Waals surface area (Å²) < 4.78 is 13.1. The molecule has 0 aliphatic carbocycles. The molecule has 1 unspecified atom stereocenters. The van der Waals surface area contributed by atoms with Crippen LogP contribution in [0.4, 0.5) is 11.4 Å². The van der Waals surface area contributed by atoms with E-state index in [0.717, 1.165) is 10.2 Å². The second kappa shape index (κ2) is 8.81. The number of nitrogens with one attached hydrogen (secondary N) is 1. The van der Waals surface area contributed by atoms with Gasteiger partial charge in [0.25, 0.3) is 0 Å². The standard InChI is InChI=1S/C22H21BrN4O4/c1-30-19-8-7-16(10-20(19)31-2)26-12-14(9-21(26)28)22(29)25-17-5-3-4-6-18(17)27-13-15(23)11-24-27/h3-8,10-11,13-14H,9,12H2,1-2H3,(H,25,29). The van der Waals surface area contributed by atoms with Crippen LogP contribution < -0.4 is 19.7 Å². The van der Waals surface area contributed by atoms with E-state index in [1.807, 2.05) is 30.5 Å². The number of ether oxygens (including phenoxy) is 2. The molecule has 2 heterocycles. The summed E-state index contributed by atoms with van der Waals surface area (Å²) in [5, 5.41) is 7.23. The van der Waals surface area contributed by atoms with Crippen LogP contribution in [0.25, 0.3) is 5.69 Å². The first-order valence-corrected chi connectivity index (χ1v) is 10.4. The predicted molar refractivity (Wildman–Crippen MR) is 120 cm³/mol. The Kier molecular flexibility index (Phi) is 5.94. The fraction of sp³-hybridized carbons (Fsp3) is 0.227. The third-order valence-corrected chi connectivity index (χ3v) is 5.54. The van der Waals surface area contributed by atoms with E-state index in [1.165, 1.54) is 0 Å². The van der Waals surface area contributed by atoms with Gasteiger partial charge >= 0.3 is 0 Å². The van der Waals surface area contributed by atoms with Gasteiger partial charge in [0.15, 0.2) is 11.5 Å². The number of benzene rings is 2. The van der Waals surface area contributed by atoms with E-state index in [9.17, 15) is 9.59 Å². The zero-order valence-electron chi connectivity index (χ0n) is 17.0. The van der Waals surface area contributed by atoms with Gasteiger partial charge in [0.1, 0.15) is 0 Å². The molecule has 4 rings (SSSR count). The van der Waals surface area contributed by atoms with Crippen LogP contribution in [0.1, 0.15) is 6.42 Å². The Morgan fingerprint density at radius 3 is 2.65 bits per heavy atom. The van der Waals surface area contributed by atoms with E-state index in [4.69, 9.17) is 9.47 Å². The molecular formula is C22H21BrN4O4. The van der Waals surface area contributed by atoms with Gasteiger partial charge in [-0.2, -0.15) is 5.10 Å². The highest BCUT2D eigenvalue weighted by Gasteiger charge is 2.35. The first kappa shape index (κ1) is 20.9. The maximum absolute atomic E-state index is 13.0. The van der Waals surface area contributed by atoms with Crippen molar-refractivity contribution in [2.75, 3.05) is 31.0 Å². The first-order chi connectivity index (χ1) is 15.0. The fourth-order valence-electron chi connectivity index (χ4n) is 3.57. The number of hydrogen-bond acceptors (Lipinski definition) is 5. The average molecular weight is 485 g/mol. The Balaban J connectivity index is 1.51. The zero-order chi connectivity index (χ0) is 22.0. The Hall–Kier alpha value is -3.33. The zero-order valence-corrected chi connectivity index (χ0v) is 18.6. The van der Waals surface area contributed by atoms with E-state index in [1.54, 1.807) is 48.2 Å². The monoisotopic (exact) mass is 484 g/mol. The number of hydrogen-bond donors (Lipinski definition) is 1. The van der Waals surface area contributed by atoms with Crippen LogP contribution in [0.2, 0.25) is 0 Å². The molecule has 2 amide bonds. The van der Waals surface area contributed by atoms with E-state index in [-0.39, 0.29) is 24.8 Å². The van der Waals surface area contributed by atoms with Gasteiger partial charge in [0.2, 0.25) is 11.8 Å². The molecule has 0 bridgehead atoms. The molecule has 1 saturated heterocycles. The molecule has 31 heavy (non-hydrogen) atoms. The Labute approximate surface area is 187 Å². The lowest BCUT2D eigenvalue weighted by Gasteiger charge is -2.19.